The second kappa shape index (κ2) is 5.73. The van der Waals surface area contributed by atoms with Gasteiger partial charge in [0.2, 0.25) is 0 Å². The molecular weight excluding hydrogens is 322 g/mol. The Morgan fingerprint density at radius 3 is 2.96 bits per heavy atom. The standard InChI is InChI=1S/C17H21N5OS/c1-11-10-24-17-15(19-12(2)22(11)17)13-5-4-6-21(9-13)16(23)14-7-18-20(3)8-14/h7-8,10,13H,4-6,9H2,1-3H3. The highest BCUT2D eigenvalue weighted by atomic mass is 32.1. The first-order valence-electron chi connectivity index (χ1n) is 8.25. The van der Waals surface area contributed by atoms with E-state index in [-0.39, 0.29) is 5.91 Å². The van der Waals surface area contributed by atoms with Crippen LogP contribution in [0.25, 0.3) is 4.83 Å². The van der Waals surface area contributed by atoms with Crippen LogP contribution in [0.1, 0.15) is 46.3 Å². The normalized spacial score (nSPS) is 18.5. The van der Waals surface area contributed by atoms with Crippen LogP contribution in [0.2, 0.25) is 0 Å². The minimum absolute atomic E-state index is 0.0716. The molecule has 0 spiro atoms. The lowest BCUT2D eigenvalue weighted by atomic mass is 9.95. The van der Waals surface area contributed by atoms with E-state index in [1.165, 1.54) is 10.5 Å². The van der Waals surface area contributed by atoms with Gasteiger partial charge in [-0.2, -0.15) is 5.10 Å². The van der Waals surface area contributed by atoms with Gasteiger partial charge in [0.25, 0.3) is 5.91 Å². The number of fused-ring (bicyclic) bond motifs is 1. The molecule has 1 aliphatic heterocycles. The molecule has 3 aromatic rings. The van der Waals surface area contributed by atoms with E-state index in [0.717, 1.165) is 37.4 Å². The molecule has 0 bridgehead atoms. The Balaban J connectivity index is 1.61. The molecule has 0 saturated carbocycles. The number of rotatable bonds is 2. The molecule has 0 aromatic carbocycles. The number of aryl methyl sites for hydroxylation is 3. The van der Waals surface area contributed by atoms with Gasteiger partial charge in [0, 0.05) is 43.3 Å². The topological polar surface area (TPSA) is 55.4 Å². The van der Waals surface area contributed by atoms with Gasteiger partial charge >= 0.3 is 0 Å². The molecule has 0 aliphatic carbocycles. The third kappa shape index (κ3) is 2.43. The van der Waals surface area contributed by atoms with Gasteiger partial charge in [-0.05, 0) is 26.7 Å². The molecule has 4 heterocycles. The van der Waals surface area contributed by atoms with Crippen molar-refractivity contribution >= 4 is 22.1 Å². The number of piperidine rings is 1. The molecular formula is C17H21N5OS. The molecule has 4 rings (SSSR count). The highest BCUT2D eigenvalue weighted by Gasteiger charge is 2.29. The molecule has 1 unspecified atom stereocenters. The van der Waals surface area contributed by atoms with Crippen LogP contribution >= 0.6 is 11.3 Å². The Morgan fingerprint density at radius 1 is 1.38 bits per heavy atom. The van der Waals surface area contributed by atoms with Crippen LogP contribution in [0.3, 0.4) is 0 Å². The van der Waals surface area contributed by atoms with Crippen molar-refractivity contribution in [1.82, 2.24) is 24.1 Å². The van der Waals surface area contributed by atoms with E-state index in [0.29, 0.717) is 11.5 Å². The molecule has 3 aromatic heterocycles. The third-order valence-corrected chi connectivity index (χ3v) is 5.84. The summed E-state index contributed by atoms with van der Waals surface area (Å²) in [6, 6.07) is 0. The number of nitrogens with zero attached hydrogens (tertiary/aromatic N) is 5. The maximum Gasteiger partial charge on any atom is 0.257 e. The molecule has 0 N–H and O–H groups in total. The maximum atomic E-state index is 12.7. The quantitative estimate of drug-likeness (QED) is 0.719. The van der Waals surface area contributed by atoms with Gasteiger partial charge in [-0.25, -0.2) is 4.98 Å². The van der Waals surface area contributed by atoms with Crippen molar-refractivity contribution in [3.8, 4) is 0 Å². The Morgan fingerprint density at radius 2 is 2.21 bits per heavy atom. The number of hydrogen-bond acceptors (Lipinski definition) is 4. The molecule has 1 aliphatic rings. The fourth-order valence-electron chi connectivity index (χ4n) is 3.62. The van der Waals surface area contributed by atoms with E-state index in [1.54, 1.807) is 28.4 Å². The minimum Gasteiger partial charge on any atom is -0.338 e. The van der Waals surface area contributed by atoms with Crippen molar-refractivity contribution in [2.75, 3.05) is 13.1 Å². The first kappa shape index (κ1) is 15.4. The maximum absolute atomic E-state index is 12.7. The van der Waals surface area contributed by atoms with Crippen LogP contribution in [0, 0.1) is 13.8 Å². The van der Waals surface area contributed by atoms with Crippen molar-refractivity contribution in [3.05, 3.63) is 40.5 Å². The van der Waals surface area contributed by atoms with Crippen LogP contribution in [0.5, 0.6) is 0 Å². The van der Waals surface area contributed by atoms with Gasteiger partial charge in [0.1, 0.15) is 10.7 Å². The second-order valence-electron chi connectivity index (χ2n) is 6.55. The van der Waals surface area contributed by atoms with Crippen molar-refractivity contribution < 1.29 is 4.79 Å². The van der Waals surface area contributed by atoms with Crippen LogP contribution in [0.15, 0.2) is 17.8 Å². The number of aromatic nitrogens is 4. The molecule has 7 heteroatoms. The molecule has 1 amide bonds. The Kier molecular flexibility index (Phi) is 3.68. The lowest BCUT2D eigenvalue weighted by molar-refractivity contribution is 0.0706. The fourth-order valence-corrected chi connectivity index (χ4v) is 4.72. The van der Waals surface area contributed by atoms with Crippen LogP contribution < -0.4 is 0 Å². The van der Waals surface area contributed by atoms with Crippen molar-refractivity contribution in [3.63, 3.8) is 0 Å². The summed E-state index contributed by atoms with van der Waals surface area (Å²) in [5, 5.41) is 6.29. The highest BCUT2D eigenvalue weighted by molar-refractivity contribution is 7.15. The number of carbonyl (C=O) groups is 1. The number of likely N-dealkylation sites (tertiary alicyclic amines) is 1. The Labute approximate surface area is 144 Å². The average molecular weight is 343 g/mol. The summed E-state index contributed by atoms with van der Waals surface area (Å²) in [5.41, 5.74) is 3.04. The zero-order valence-electron chi connectivity index (χ0n) is 14.2. The zero-order chi connectivity index (χ0) is 16.8. The summed E-state index contributed by atoms with van der Waals surface area (Å²) in [6.07, 6.45) is 5.53. The summed E-state index contributed by atoms with van der Waals surface area (Å²) in [5.74, 6) is 1.41. The highest BCUT2D eigenvalue weighted by Crippen LogP contribution is 2.33. The Bertz CT molecular complexity index is 906. The number of imidazole rings is 1. The smallest absolute Gasteiger partial charge is 0.257 e. The van der Waals surface area contributed by atoms with Crippen molar-refractivity contribution in [2.45, 2.75) is 32.6 Å². The van der Waals surface area contributed by atoms with Gasteiger partial charge in [-0.1, -0.05) is 0 Å². The number of amides is 1. The first-order valence-corrected chi connectivity index (χ1v) is 9.13. The summed E-state index contributed by atoms with van der Waals surface area (Å²) in [6.45, 7) is 5.71. The molecule has 0 radical (unpaired) electrons. The SMILES string of the molecule is Cc1csc2c(C3CCCN(C(=O)c4cnn(C)c4)C3)nc(C)n12. The van der Waals surface area contributed by atoms with Crippen molar-refractivity contribution in [2.24, 2.45) is 7.05 Å². The molecule has 1 atom stereocenters. The van der Waals surface area contributed by atoms with E-state index < -0.39 is 0 Å². The number of carbonyl (C=O) groups excluding carboxylic acids is 1. The zero-order valence-corrected chi connectivity index (χ0v) is 15.0. The van der Waals surface area contributed by atoms with Gasteiger partial charge in [0.05, 0.1) is 17.5 Å². The van der Waals surface area contributed by atoms with Crippen molar-refractivity contribution in [1.29, 1.82) is 0 Å². The van der Waals surface area contributed by atoms with E-state index in [2.05, 4.69) is 28.7 Å². The van der Waals surface area contributed by atoms with Crippen LogP contribution in [-0.4, -0.2) is 43.1 Å². The largest absolute Gasteiger partial charge is 0.338 e. The van der Waals surface area contributed by atoms with E-state index >= 15 is 0 Å². The number of thiazole rings is 1. The summed E-state index contributed by atoms with van der Waals surface area (Å²) < 4.78 is 3.90. The van der Waals surface area contributed by atoms with E-state index in [1.807, 2.05) is 11.9 Å². The third-order valence-electron chi connectivity index (χ3n) is 4.77. The predicted molar refractivity (Wildman–Crippen MR) is 93.6 cm³/mol. The molecule has 24 heavy (non-hydrogen) atoms. The second-order valence-corrected chi connectivity index (χ2v) is 7.41. The Hall–Kier alpha value is -2.15. The average Bonchev–Trinajstić information content (AvgIpc) is 3.26. The minimum atomic E-state index is 0.0716. The molecule has 6 nitrogen and oxygen atoms in total. The molecule has 126 valence electrons. The molecule has 1 fully saturated rings. The first-order chi connectivity index (χ1) is 11.5. The van der Waals surface area contributed by atoms with Crippen LogP contribution in [-0.2, 0) is 7.05 Å². The summed E-state index contributed by atoms with van der Waals surface area (Å²) >= 11 is 1.75. The summed E-state index contributed by atoms with van der Waals surface area (Å²) in [7, 11) is 1.83. The predicted octanol–water partition coefficient (Wildman–Crippen LogP) is 2.77. The van der Waals surface area contributed by atoms with Gasteiger partial charge in [-0.3, -0.25) is 13.9 Å². The van der Waals surface area contributed by atoms with Gasteiger partial charge in [0.15, 0.2) is 0 Å². The lowest BCUT2D eigenvalue weighted by Crippen LogP contribution is -2.39. The van der Waals surface area contributed by atoms with E-state index in [4.69, 9.17) is 4.98 Å². The summed E-state index contributed by atoms with van der Waals surface area (Å²) in [4.78, 5) is 20.7. The fraction of sp³-hybridized carbons (Fsp3) is 0.471. The number of hydrogen-bond donors (Lipinski definition) is 0. The molecule has 1 saturated heterocycles. The van der Waals surface area contributed by atoms with Gasteiger partial charge in [-0.15, -0.1) is 11.3 Å². The van der Waals surface area contributed by atoms with Gasteiger partial charge < -0.3 is 4.90 Å². The monoisotopic (exact) mass is 343 g/mol. The lowest BCUT2D eigenvalue weighted by Gasteiger charge is -2.31. The van der Waals surface area contributed by atoms with E-state index in [9.17, 15) is 4.79 Å². The van der Waals surface area contributed by atoms with Crippen LogP contribution in [0.4, 0.5) is 0 Å².